The van der Waals surface area contributed by atoms with Crippen LogP contribution in [0.2, 0.25) is 5.02 Å². The number of quaternary nitrogens is 1. The fourth-order valence-electron chi connectivity index (χ4n) is 3.50. The number of hydrogen-bond acceptors (Lipinski definition) is 2. The molecule has 0 aliphatic carbocycles. The lowest BCUT2D eigenvalue weighted by atomic mass is 10.1. The number of para-hydroxylation sites is 2. The lowest BCUT2D eigenvalue weighted by Gasteiger charge is -2.35. The first-order valence-corrected chi connectivity index (χ1v) is 10.3. The molecule has 4 N–H and O–H groups in total. The van der Waals surface area contributed by atoms with Crippen molar-refractivity contribution in [3.05, 3.63) is 58.1 Å². The molecule has 0 aliphatic rings. The average Bonchev–Trinajstić information content (AvgIpc) is 2.67. The molecule has 2 aromatic rings. The second kappa shape index (κ2) is 12.7. The average molecular weight is 470 g/mol. The molecule has 0 aromatic heterocycles. The Morgan fingerprint density at radius 1 is 0.806 bits per heavy atom. The van der Waals surface area contributed by atoms with Crippen LogP contribution in [0, 0.1) is 20.8 Å². The molecule has 6 nitrogen and oxygen atoms in total. The Kier molecular flexibility index (Phi) is 11.8. The summed E-state index contributed by atoms with van der Waals surface area (Å²) in [6.45, 7) is 11.6. The predicted molar refractivity (Wildman–Crippen MR) is 124 cm³/mol. The van der Waals surface area contributed by atoms with Crippen LogP contribution in [0.3, 0.4) is 0 Å². The SMILES string of the molecule is CC[N+](CC)(CC(=O)Nc1c(C)cccc1C)CC(=O)Nc1c(C)cccc1Cl.O.[Cl-]. The highest BCUT2D eigenvalue weighted by atomic mass is 35.5. The normalized spacial score (nSPS) is 10.5. The van der Waals surface area contributed by atoms with E-state index in [4.69, 9.17) is 11.6 Å². The molecule has 0 unspecified atom stereocenters. The highest BCUT2D eigenvalue weighted by Crippen LogP contribution is 2.25. The Bertz CT molecular complexity index is 790. The van der Waals surface area contributed by atoms with Gasteiger partial charge in [-0.3, -0.25) is 9.59 Å². The molecular weight excluding hydrogens is 437 g/mol. The summed E-state index contributed by atoms with van der Waals surface area (Å²) in [5.74, 6) is -0.238. The van der Waals surface area contributed by atoms with Crippen LogP contribution in [-0.4, -0.2) is 48.0 Å². The Labute approximate surface area is 196 Å². The van der Waals surface area contributed by atoms with Crippen LogP contribution < -0.4 is 23.0 Å². The fraction of sp³-hybridized carbons (Fsp3) is 0.391. The number of nitrogens with one attached hydrogen (secondary N) is 2. The molecule has 0 atom stereocenters. The third-order valence-corrected chi connectivity index (χ3v) is 5.85. The van der Waals surface area contributed by atoms with Gasteiger partial charge in [0.25, 0.3) is 11.8 Å². The van der Waals surface area contributed by atoms with E-state index in [9.17, 15) is 9.59 Å². The number of benzene rings is 2. The van der Waals surface area contributed by atoms with Crippen molar-refractivity contribution in [1.29, 1.82) is 0 Å². The standard InChI is InChI=1S/C23H30ClN3O2.ClH.H2O/c1-6-27(7-2,14-20(28)25-22-16(3)10-8-11-17(22)4)15-21(29)26-23-18(5)12-9-13-19(23)24;;/h8-13H,6-7,14-15H2,1-5H3,(H-,25,26,28,29);1H;1H2. The van der Waals surface area contributed by atoms with E-state index >= 15 is 0 Å². The van der Waals surface area contributed by atoms with Crippen molar-refractivity contribution in [2.24, 2.45) is 0 Å². The molecule has 2 aromatic carbocycles. The van der Waals surface area contributed by atoms with E-state index < -0.39 is 0 Å². The molecule has 2 amide bonds. The van der Waals surface area contributed by atoms with Gasteiger partial charge in [-0.05, 0) is 57.4 Å². The van der Waals surface area contributed by atoms with Crippen LogP contribution >= 0.6 is 11.6 Å². The second-order valence-corrected chi connectivity index (χ2v) is 7.99. The first-order chi connectivity index (χ1) is 13.7. The van der Waals surface area contributed by atoms with Gasteiger partial charge in [0.2, 0.25) is 0 Å². The molecule has 172 valence electrons. The summed E-state index contributed by atoms with van der Waals surface area (Å²) in [7, 11) is 0. The Balaban J connectivity index is 0.00000450. The molecule has 0 bridgehead atoms. The minimum atomic E-state index is -0.148. The maximum absolute atomic E-state index is 12.8. The van der Waals surface area contributed by atoms with Crippen molar-refractivity contribution < 1.29 is 32.0 Å². The summed E-state index contributed by atoms with van der Waals surface area (Å²) in [5, 5.41) is 6.47. The van der Waals surface area contributed by atoms with Gasteiger partial charge in [0, 0.05) is 5.69 Å². The number of rotatable bonds is 8. The molecule has 0 spiro atoms. The Hall–Kier alpha value is -2.12. The Morgan fingerprint density at radius 3 is 1.61 bits per heavy atom. The predicted octanol–water partition coefficient (Wildman–Crippen LogP) is 0.878. The molecular formula is C23H33Cl2N3O3. The molecule has 0 radical (unpaired) electrons. The summed E-state index contributed by atoms with van der Waals surface area (Å²) in [5.41, 5.74) is 4.43. The maximum Gasteiger partial charge on any atom is 0.279 e. The lowest BCUT2D eigenvalue weighted by Crippen LogP contribution is -3.00. The summed E-state index contributed by atoms with van der Waals surface area (Å²) in [6.07, 6.45) is 0. The van der Waals surface area contributed by atoms with E-state index in [0.29, 0.717) is 28.3 Å². The van der Waals surface area contributed by atoms with Gasteiger partial charge in [0.05, 0.1) is 23.8 Å². The molecule has 31 heavy (non-hydrogen) atoms. The molecule has 0 heterocycles. The quantitative estimate of drug-likeness (QED) is 0.561. The van der Waals surface area contributed by atoms with Crippen LogP contribution in [0.1, 0.15) is 30.5 Å². The summed E-state index contributed by atoms with van der Waals surface area (Å²) in [4.78, 5) is 25.6. The third-order valence-electron chi connectivity index (χ3n) is 5.53. The van der Waals surface area contributed by atoms with Crippen LogP contribution in [0.25, 0.3) is 0 Å². The summed E-state index contributed by atoms with van der Waals surface area (Å²) >= 11 is 6.23. The Morgan fingerprint density at radius 2 is 1.19 bits per heavy atom. The maximum atomic E-state index is 12.8. The van der Waals surface area contributed by atoms with Gasteiger partial charge in [0.1, 0.15) is 0 Å². The molecule has 0 saturated carbocycles. The van der Waals surface area contributed by atoms with E-state index in [1.807, 2.05) is 65.0 Å². The zero-order valence-corrected chi connectivity index (χ0v) is 20.3. The smallest absolute Gasteiger partial charge is 0.279 e. The molecule has 8 heteroatoms. The van der Waals surface area contributed by atoms with Crippen molar-refractivity contribution in [1.82, 2.24) is 0 Å². The van der Waals surface area contributed by atoms with Crippen LogP contribution in [0.5, 0.6) is 0 Å². The van der Waals surface area contributed by atoms with Gasteiger partial charge < -0.3 is 33.0 Å². The molecule has 0 aliphatic heterocycles. The van der Waals surface area contributed by atoms with Crippen molar-refractivity contribution in [2.45, 2.75) is 34.6 Å². The van der Waals surface area contributed by atoms with Gasteiger partial charge in [-0.1, -0.05) is 41.9 Å². The van der Waals surface area contributed by atoms with Crippen LogP contribution in [0.4, 0.5) is 11.4 Å². The number of nitrogens with zero attached hydrogens (tertiary/aromatic N) is 1. The van der Waals surface area contributed by atoms with Crippen molar-refractivity contribution >= 4 is 34.8 Å². The van der Waals surface area contributed by atoms with Crippen molar-refractivity contribution in [3.63, 3.8) is 0 Å². The highest BCUT2D eigenvalue weighted by molar-refractivity contribution is 6.33. The topological polar surface area (TPSA) is 89.7 Å². The van der Waals surface area contributed by atoms with E-state index in [1.165, 1.54) is 0 Å². The zero-order chi connectivity index (χ0) is 21.6. The van der Waals surface area contributed by atoms with Crippen LogP contribution in [-0.2, 0) is 9.59 Å². The minimum Gasteiger partial charge on any atom is -1.00 e. The molecule has 0 fully saturated rings. The number of carbonyl (C=O) groups excluding carboxylic acids is 2. The summed E-state index contributed by atoms with van der Waals surface area (Å²) in [6, 6.07) is 11.4. The lowest BCUT2D eigenvalue weighted by molar-refractivity contribution is -0.909. The first kappa shape index (κ1) is 28.9. The number of hydrogen-bond donors (Lipinski definition) is 2. The van der Waals surface area contributed by atoms with Gasteiger partial charge in [-0.2, -0.15) is 0 Å². The molecule has 2 rings (SSSR count). The number of anilines is 2. The van der Waals surface area contributed by atoms with Crippen molar-refractivity contribution in [3.8, 4) is 0 Å². The number of aryl methyl sites for hydroxylation is 3. The highest BCUT2D eigenvalue weighted by Gasteiger charge is 2.30. The molecule has 0 saturated heterocycles. The van der Waals surface area contributed by atoms with E-state index in [0.717, 1.165) is 22.4 Å². The first-order valence-electron chi connectivity index (χ1n) is 9.97. The second-order valence-electron chi connectivity index (χ2n) is 7.59. The fourth-order valence-corrected chi connectivity index (χ4v) is 3.76. The zero-order valence-electron chi connectivity index (χ0n) is 18.8. The third kappa shape index (κ3) is 7.51. The van der Waals surface area contributed by atoms with Crippen molar-refractivity contribution in [2.75, 3.05) is 36.8 Å². The number of likely N-dealkylation sites (N-methyl/N-ethyl adjacent to an activating group) is 1. The number of amides is 2. The van der Waals surface area contributed by atoms with Crippen LogP contribution in [0.15, 0.2) is 36.4 Å². The summed E-state index contributed by atoms with van der Waals surface area (Å²) < 4.78 is 0.367. The number of carbonyl (C=O) groups is 2. The largest absolute Gasteiger partial charge is 1.00 e. The number of halogens is 2. The minimum absolute atomic E-state index is 0. The van der Waals surface area contributed by atoms with Gasteiger partial charge in [0.15, 0.2) is 13.1 Å². The van der Waals surface area contributed by atoms with Gasteiger partial charge in [-0.15, -0.1) is 0 Å². The van der Waals surface area contributed by atoms with E-state index in [1.54, 1.807) is 6.07 Å². The monoisotopic (exact) mass is 469 g/mol. The van der Waals surface area contributed by atoms with E-state index in [-0.39, 0.29) is 42.8 Å². The van der Waals surface area contributed by atoms with Gasteiger partial charge >= 0.3 is 0 Å². The van der Waals surface area contributed by atoms with E-state index in [2.05, 4.69) is 10.6 Å². The van der Waals surface area contributed by atoms with Gasteiger partial charge in [-0.25, -0.2) is 0 Å².